The number of hydrogen-bond donors (Lipinski definition) is 1. The molecule has 0 saturated heterocycles. The number of anilines is 1. The molecule has 3 aromatic rings. The molecule has 3 rings (SSSR count). The molecule has 0 aliphatic carbocycles. The van der Waals surface area contributed by atoms with Crippen LogP contribution >= 0.6 is 22.9 Å². The van der Waals surface area contributed by atoms with Crippen LogP contribution in [0.5, 0.6) is 0 Å². The average Bonchev–Trinajstić information content (AvgIpc) is 3.06. The SMILES string of the molecule is Cc1ccc(NC(=O)C(C)n2cnc3sc(C(=O)OCC(C)C)c(C)c3c2=O)cc1Cl. The smallest absolute Gasteiger partial charge is 0.348 e. The number of ether oxygens (including phenoxy) is 1. The molecule has 9 heteroatoms. The zero-order valence-corrected chi connectivity index (χ0v) is 19.6. The van der Waals surface area contributed by atoms with E-state index in [4.69, 9.17) is 16.3 Å². The standard InChI is InChI=1S/C22H24ClN3O4S/c1-11(2)9-30-22(29)18-13(4)17-20(31-18)24-10-26(21(17)28)14(5)19(27)25-15-7-6-12(3)16(23)8-15/h6-8,10-11,14H,9H2,1-5H3,(H,25,27). The van der Waals surface area contributed by atoms with E-state index in [2.05, 4.69) is 10.3 Å². The summed E-state index contributed by atoms with van der Waals surface area (Å²) >= 11 is 7.23. The maximum atomic E-state index is 13.1. The van der Waals surface area contributed by atoms with Gasteiger partial charge in [0.05, 0.1) is 18.3 Å². The lowest BCUT2D eigenvalue weighted by atomic mass is 10.2. The van der Waals surface area contributed by atoms with Gasteiger partial charge in [0.15, 0.2) is 0 Å². The summed E-state index contributed by atoms with van der Waals surface area (Å²) < 4.78 is 6.56. The first-order valence-corrected chi connectivity index (χ1v) is 11.0. The van der Waals surface area contributed by atoms with Crippen molar-refractivity contribution in [2.24, 2.45) is 5.92 Å². The summed E-state index contributed by atoms with van der Waals surface area (Å²) in [5.74, 6) is -0.647. The highest BCUT2D eigenvalue weighted by molar-refractivity contribution is 7.20. The molecule has 0 fully saturated rings. The van der Waals surface area contributed by atoms with Crippen molar-refractivity contribution >= 4 is 50.7 Å². The minimum atomic E-state index is -0.819. The molecule has 1 atom stereocenters. The Hall–Kier alpha value is -2.71. The molecular weight excluding hydrogens is 438 g/mol. The lowest BCUT2D eigenvalue weighted by molar-refractivity contribution is -0.118. The Morgan fingerprint density at radius 3 is 2.61 bits per heavy atom. The van der Waals surface area contributed by atoms with Gasteiger partial charge in [-0.1, -0.05) is 31.5 Å². The molecule has 0 aliphatic rings. The minimum Gasteiger partial charge on any atom is -0.461 e. The van der Waals surface area contributed by atoms with E-state index in [9.17, 15) is 14.4 Å². The molecule has 31 heavy (non-hydrogen) atoms. The fourth-order valence-electron chi connectivity index (χ4n) is 2.96. The first-order chi connectivity index (χ1) is 14.6. The van der Waals surface area contributed by atoms with Crippen LogP contribution < -0.4 is 10.9 Å². The van der Waals surface area contributed by atoms with Crippen molar-refractivity contribution in [2.75, 3.05) is 11.9 Å². The van der Waals surface area contributed by atoms with Crippen molar-refractivity contribution in [3.8, 4) is 0 Å². The lowest BCUT2D eigenvalue weighted by Gasteiger charge is -2.15. The number of nitrogens with zero attached hydrogens (tertiary/aromatic N) is 2. The van der Waals surface area contributed by atoms with Gasteiger partial charge in [0, 0.05) is 10.7 Å². The number of fused-ring (bicyclic) bond motifs is 1. The van der Waals surface area contributed by atoms with Crippen LogP contribution in [0.4, 0.5) is 5.69 Å². The summed E-state index contributed by atoms with van der Waals surface area (Å²) in [7, 11) is 0. The Labute approximate surface area is 189 Å². The van der Waals surface area contributed by atoms with Crippen molar-refractivity contribution in [2.45, 2.75) is 40.7 Å². The Balaban J connectivity index is 1.90. The zero-order chi connectivity index (χ0) is 22.9. The lowest BCUT2D eigenvalue weighted by Crippen LogP contribution is -2.31. The van der Waals surface area contributed by atoms with E-state index in [0.29, 0.717) is 38.0 Å². The maximum Gasteiger partial charge on any atom is 0.348 e. The highest BCUT2D eigenvalue weighted by atomic mass is 35.5. The highest BCUT2D eigenvalue weighted by Crippen LogP contribution is 2.28. The normalized spacial score (nSPS) is 12.2. The molecule has 1 N–H and O–H groups in total. The van der Waals surface area contributed by atoms with Gasteiger partial charge in [0.2, 0.25) is 5.91 Å². The summed E-state index contributed by atoms with van der Waals surface area (Å²) in [6.07, 6.45) is 1.33. The molecule has 1 unspecified atom stereocenters. The van der Waals surface area contributed by atoms with Gasteiger partial charge in [-0.3, -0.25) is 14.2 Å². The van der Waals surface area contributed by atoms with E-state index in [0.717, 1.165) is 16.9 Å². The monoisotopic (exact) mass is 461 g/mol. The Kier molecular flexibility index (Phi) is 6.81. The third-order valence-electron chi connectivity index (χ3n) is 4.85. The predicted octanol–water partition coefficient (Wildman–Crippen LogP) is 4.74. The van der Waals surface area contributed by atoms with Gasteiger partial charge in [-0.25, -0.2) is 9.78 Å². The molecule has 7 nitrogen and oxygen atoms in total. The third-order valence-corrected chi connectivity index (χ3v) is 6.43. The fraction of sp³-hybridized carbons (Fsp3) is 0.364. The fourth-order valence-corrected chi connectivity index (χ4v) is 4.17. The van der Waals surface area contributed by atoms with Crippen LogP contribution in [0.2, 0.25) is 5.02 Å². The molecule has 0 radical (unpaired) electrons. The first-order valence-electron chi connectivity index (χ1n) is 9.84. The van der Waals surface area contributed by atoms with Gasteiger partial charge >= 0.3 is 5.97 Å². The van der Waals surface area contributed by atoms with Gasteiger partial charge in [0.25, 0.3) is 5.56 Å². The number of halogens is 1. The van der Waals surface area contributed by atoms with E-state index in [1.165, 1.54) is 10.9 Å². The molecule has 2 heterocycles. The molecule has 1 amide bonds. The minimum absolute atomic E-state index is 0.205. The number of amides is 1. The second-order valence-electron chi connectivity index (χ2n) is 7.81. The number of carbonyl (C=O) groups is 2. The number of carbonyl (C=O) groups excluding carboxylic acids is 2. The second kappa shape index (κ2) is 9.20. The quantitative estimate of drug-likeness (QED) is 0.535. The molecule has 0 bridgehead atoms. The molecule has 164 valence electrons. The van der Waals surface area contributed by atoms with Gasteiger partial charge in [0.1, 0.15) is 15.7 Å². The number of rotatable bonds is 6. The van der Waals surface area contributed by atoms with E-state index >= 15 is 0 Å². The van der Waals surface area contributed by atoms with Gasteiger partial charge in [-0.15, -0.1) is 11.3 Å². The van der Waals surface area contributed by atoms with Crippen LogP contribution in [0.3, 0.4) is 0 Å². The summed E-state index contributed by atoms with van der Waals surface area (Å²) in [6, 6.07) is 4.38. The van der Waals surface area contributed by atoms with Crippen LogP contribution in [0.25, 0.3) is 10.2 Å². The third kappa shape index (κ3) is 4.80. The van der Waals surface area contributed by atoms with Crippen molar-refractivity contribution in [1.29, 1.82) is 0 Å². The topological polar surface area (TPSA) is 90.3 Å². The van der Waals surface area contributed by atoms with Crippen LogP contribution in [0.15, 0.2) is 29.3 Å². The molecule has 2 aromatic heterocycles. The van der Waals surface area contributed by atoms with Crippen LogP contribution in [-0.2, 0) is 9.53 Å². The van der Waals surface area contributed by atoms with Gasteiger partial charge in [-0.05, 0) is 49.9 Å². The van der Waals surface area contributed by atoms with Crippen molar-refractivity contribution in [1.82, 2.24) is 9.55 Å². The van der Waals surface area contributed by atoms with E-state index in [-0.39, 0.29) is 17.4 Å². The van der Waals surface area contributed by atoms with Gasteiger partial charge in [-0.2, -0.15) is 0 Å². The maximum absolute atomic E-state index is 13.1. The molecule has 0 spiro atoms. The number of hydrogen-bond acceptors (Lipinski definition) is 6. The van der Waals surface area contributed by atoms with E-state index < -0.39 is 12.0 Å². The van der Waals surface area contributed by atoms with Gasteiger partial charge < -0.3 is 10.1 Å². The summed E-state index contributed by atoms with van der Waals surface area (Å²) in [5.41, 5.74) is 1.57. The van der Waals surface area contributed by atoms with E-state index in [1.807, 2.05) is 20.8 Å². The molecule has 1 aromatic carbocycles. The highest BCUT2D eigenvalue weighted by Gasteiger charge is 2.24. The second-order valence-corrected chi connectivity index (χ2v) is 9.22. The largest absolute Gasteiger partial charge is 0.461 e. The summed E-state index contributed by atoms with van der Waals surface area (Å²) in [4.78, 5) is 43.4. The number of aryl methyl sites for hydroxylation is 2. The van der Waals surface area contributed by atoms with Crippen molar-refractivity contribution < 1.29 is 14.3 Å². The molecule has 0 aliphatic heterocycles. The predicted molar refractivity (Wildman–Crippen MR) is 123 cm³/mol. The Morgan fingerprint density at radius 2 is 1.97 bits per heavy atom. The number of benzene rings is 1. The number of esters is 1. The average molecular weight is 462 g/mol. The number of aromatic nitrogens is 2. The molecular formula is C22H24ClN3O4S. The summed E-state index contributed by atoms with van der Waals surface area (Å²) in [6.45, 7) is 9.36. The van der Waals surface area contributed by atoms with Crippen LogP contribution in [-0.4, -0.2) is 28.0 Å². The van der Waals surface area contributed by atoms with Crippen LogP contribution in [0.1, 0.15) is 47.6 Å². The summed E-state index contributed by atoms with van der Waals surface area (Å²) in [5, 5.41) is 3.63. The van der Waals surface area contributed by atoms with Crippen LogP contribution in [0, 0.1) is 19.8 Å². The first kappa shape index (κ1) is 23.0. The van der Waals surface area contributed by atoms with Crippen molar-refractivity contribution in [3.63, 3.8) is 0 Å². The molecule has 0 saturated carbocycles. The van der Waals surface area contributed by atoms with E-state index in [1.54, 1.807) is 32.0 Å². The number of nitrogens with one attached hydrogen (secondary N) is 1. The zero-order valence-electron chi connectivity index (χ0n) is 18.0. The Morgan fingerprint density at radius 1 is 1.26 bits per heavy atom. The number of thiophene rings is 1. The van der Waals surface area contributed by atoms with Crippen molar-refractivity contribution in [3.05, 3.63) is 55.9 Å². The Bertz CT molecular complexity index is 1220.